The van der Waals surface area contributed by atoms with Crippen molar-refractivity contribution in [1.82, 2.24) is 10.3 Å². The number of carbonyl (C=O) groups is 1. The fraction of sp³-hybridized carbons (Fsp3) is 0.368. The van der Waals surface area contributed by atoms with Crippen LogP contribution in [0, 0.1) is 0 Å². The van der Waals surface area contributed by atoms with Gasteiger partial charge in [0, 0.05) is 29.2 Å². The van der Waals surface area contributed by atoms with Crippen molar-refractivity contribution in [2.75, 3.05) is 6.61 Å². The lowest BCUT2D eigenvalue weighted by atomic mass is 9.98. The van der Waals surface area contributed by atoms with Crippen molar-refractivity contribution < 1.29 is 9.90 Å². The second-order valence-corrected chi connectivity index (χ2v) is 7.70. The van der Waals surface area contributed by atoms with Crippen LogP contribution in [0.15, 0.2) is 42.6 Å². The van der Waals surface area contributed by atoms with Crippen molar-refractivity contribution in [2.24, 2.45) is 0 Å². The normalized spacial score (nSPS) is 13.2. The second-order valence-electron chi connectivity index (χ2n) is 6.64. The molecule has 1 heterocycles. The molecule has 2 rings (SSSR count). The van der Waals surface area contributed by atoms with Gasteiger partial charge in [-0.2, -0.15) is 0 Å². The van der Waals surface area contributed by atoms with E-state index in [9.17, 15) is 9.90 Å². The van der Waals surface area contributed by atoms with E-state index < -0.39 is 0 Å². The first-order valence-corrected chi connectivity index (χ1v) is 8.82. The number of rotatable bonds is 6. The van der Waals surface area contributed by atoms with E-state index in [1.54, 1.807) is 23.6 Å². The summed E-state index contributed by atoms with van der Waals surface area (Å²) in [5.41, 5.74) is 1.000. The van der Waals surface area contributed by atoms with Crippen LogP contribution in [0.4, 0.5) is 0 Å². The van der Waals surface area contributed by atoms with E-state index in [-0.39, 0.29) is 24.0 Å². The number of hydrogen-bond donors (Lipinski definition) is 2. The van der Waals surface area contributed by atoms with E-state index in [0.29, 0.717) is 6.42 Å². The number of benzene rings is 1. The molecule has 24 heavy (non-hydrogen) atoms. The topological polar surface area (TPSA) is 62.2 Å². The number of nitrogens with zero attached hydrogens (tertiary/aromatic N) is 1. The zero-order chi connectivity index (χ0) is 17.6. The van der Waals surface area contributed by atoms with E-state index >= 15 is 0 Å². The summed E-state index contributed by atoms with van der Waals surface area (Å²) in [6, 6.07) is 9.48. The molecule has 2 N–H and O–H groups in total. The molecule has 4 nitrogen and oxygen atoms in total. The van der Waals surface area contributed by atoms with E-state index in [4.69, 9.17) is 0 Å². The van der Waals surface area contributed by atoms with Crippen LogP contribution in [0.5, 0.6) is 0 Å². The molecule has 0 aliphatic rings. The lowest BCUT2D eigenvalue weighted by molar-refractivity contribution is -0.117. The summed E-state index contributed by atoms with van der Waals surface area (Å²) >= 11 is 1.59. The van der Waals surface area contributed by atoms with Crippen LogP contribution >= 0.6 is 11.3 Å². The van der Waals surface area contributed by atoms with Gasteiger partial charge in [-0.25, -0.2) is 4.98 Å². The third-order valence-electron chi connectivity index (χ3n) is 3.50. The highest BCUT2D eigenvalue weighted by molar-refractivity contribution is 7.12. The molecule has 1 unspecified atom stereocenters. The van der Waals surface area contributed by atoms with Gasteiger partial charge in [0.25, 0.3) is 0 Å². The van der Waals surface area contributed by atoms with Gasteiger partial charge in [-0.3, -0.25) is 4.79 Å². The molecule has 5 heteroatoms. The van der Waals surface area contributed by atoms with Crippen molar-refractivity contribution in [3.63, 3.8) is 0 Å². The highest BCUT2D eigenvalue weighted by Gasteiger charge is 2.17. The van der Waals surface area contributed by atoms with Crippen molar-refractivity contribution in [1.29, 1.82) is 0 Å². The van der Waals surface area contributed by atoms with E-state index in [0.717, 1.165) is 15.4 Å². The van der Waals surface area contributed by atoms with Crippen LogP contribution in [0.1, 0.15) is 48.7 Å². The summed E-state index contributed by atoms with van der Waals surface area (Å²) < 4.78 is 0. The lowest BCUT2D eigenvalue weighted by Gasteiger charge is -2.17. The molecule has 0 saturated carbocycles. The molecular weight excluding hydrogens is 320 g/mol. The van der Waals surface area contributed by atoms with Crippen molar-refractivity contribution in [3.05, 3.63) is 58.1 Å². The highest BCUT2D eigenvalue weighted by Crippen LogP contribution is 2.27. The maximum atomic E-state index is 12.2. The van der Waals surface area contributed by atoms with Crippen LogP contribution in [0.3, 0.4) is 0 Å². The number of hydrogen-bond acceptors (Lipinski definition) is 4. The van der Waals surface area contributed by atoms with Gasteiger partial charge >= 0.3 is 0 Å². The largest absolute Gasteiger partial charge is 0.396 e. The molecule has 1 amide bonds. The summed E-state index contributed by atoms with van der Waals surface area (Å²) in [5.74, 6) is -0.178. The molecule has 0 aliphatic heterocycles. The molecule has 128 valence electrons. The lowest BCUT2D eigenvalue weighted by Crippen LogP contribution is -2.27. The Labute approximate surface area is 147 Å². The Morgan fingerprint density at radius 3 is 2.62 bits per heavy atom. The number of thiazole rings is 1. The van der Waals surface area contributed by atoms with Gasteiger partial charge in [0.05, 0.1) is 11.0 Å². The Morgan fingerprint density at radius 2 is 2.04 bits per heavy atom. The van der Waals surface area contributed by atoms with Crippen LogP contribution < -0.4 is 5.32 Å². The fourth-order valence-corrected chi connectivity index (χ4v) is 3.10. The Hall–Kier alpha value is -1.98. The standard InChI is InChI=1S/C19H24N2O2S/c1-19(2,3)18-20-13-15(24-18)9-10-17(23)21-16(11-12-22)14-7-5-4-6-8-14/h4-10,13,16,22H,11-12H2,1-3H3,(H,21,23)/b10-9+. The van der Waals surface area contributed by atoms with Gasteiger partial charge in [0.1, 0.15) is 0 Å². The number of aliphatic hydroxyl groups is 1. The number of amides is 1. The summed E-state index contributed by atoms with van der Waals surface area (Å²) in [7, 11) is 0. The quantitative estimate of drug-likeness (QED) is 0.786. The SMILES string of the molecule is CC(C)(C)c1ncc(/C=C/C(=O)NC(CCO)c2ccccc2)s1. The van der Waals surface area contributed by atoms with Crippen LogP contribution in [-0.2, 0) is 10.2 Å². The molecule has 0 saturated heterocycles. The average molecular weight is 344 g/mol. The smallest absolute Gasteiger partial charge is 0.244 e. The van der Waals surface area contributed by atoms with Crippen molar-refractivity contribution >= 4 is 23.3 Å². The Kier molecular flexibility index (Phi) is 6.29. The maximum absolute atomic E-state index is 12.2. The molecule has 2 aromatic rings. The molecule has 0 spiro atoms. The molecule has 1 aromatic heterocycles. The van der Waals surface area contributed by atoms with E-state index in [1.807, 2.05) is 30.3 Å². The molecule has 0 fully saturated rings. The third kappa shape index (κ3) is 5.28. The van der Waals surface area contributed by atoms with Gasteiger partial charge in [0.2, 0.25) is 5.91 Å². The maximum Gasteiger partial charge on any atom is 0.244 e. The second kappa shape index (κ2) is 8.22. The minimum Gasteiger partial charge on any atom is -0.396 e. The predicted octanol–water partition coefficient (Wildman–Crippen LogP) is 3.69. The third-order valence-corrected chi connectivity index (χ3v) is 4.89. The number of carbonyl (C=O) groups excluding carboxylic acids is 1. The fourth-order valence-electron chi connectivity index (χ4n) is 2.22. The zero-order valence-electron chi connectivity index (χ0n) is 14.3. The first-order valence-electron chi connectivity index (χ1n) is 8.01. The van der Waals surface area contributed by atoms with E-state index in [1.165, 1.54) is 6.08 Å². The van der Waals surface area contributed by atoms with Crippen LogP contribution in [0.25, 0.3) is 6.08 Å². The zero-order valence-corrected chi connectivity index (χ0v) is 15.1. The Balaban J connectivity index is 2.01. The van der Waals surface area contributed by atoms with Crippen molar-refractivity contribution in [2.45, 2.75) is 38.6 Å². The minimum atomic E-state index is -0.194. The van der Waals surface area contributed by atoms with Crippen LogP contribution in [-0.4, -0.2) is 22.6 Å². The summed E-state index contributed by atoms with van der Waals surface area (Å²) in [4.78, 5) is 17.5. The highest BCUT2D eigenvalue weighted by atomic mass is 32.1. The molecule has 1 atom stereocenters. The van der Waals surface area contributed by atoms with Crippen molar-refractivity contribution in [3.8, 4) is 0 Å². The molecule has 1 aromatic carbocycles. The molecular formula is C19H24N2O2S. The predicted molar refractivity (Wildman–Crippen MR) is 98.9 cm³/mol. The first-order chi connectivity index (χ1) is 11.4. The molecule has 0 aliphatic carbocycles. The first kappa shape index (κ1) is 18.4. The summed E-state index contributed by atoms with van der Waals surface area (Å²) in [5, 5.41) is 13.2. The van der Waals surface area contributed by atoms with Gasteiger partial charge < -0.3 is 10.4 Å². The van der Waals surface area contributed by atoms with Gasteiger partial charge in [0.15, 0.2) is 0 Å². The van der Waals surface area contributed by atoms with Gasteiger partial charge in [-0.1, -0.05) is 51.1 Å². The molecule has 0 radical (unpaired) electrons. The Morgan fingerprint density at radius 1 is 1.33 bits per heavy atom. The Bertz CT molecular complexity index is 687. The van der Waals surface area contributed by atoms with Gasteiger partial charge in [-0.15, -0.1) is 11.3 Å². The van der Waals surface area contributed by atoms with E-state index in [2.05, 4.69) is 31.1 Å². The number of aromatic nitrogens is 1. The molecule has 0 bridgehead atoms. The number of nitrogens with one attached hydrogen (secondary N) is 1. The summed E-state index contributed by atoms with van der Waals surface area (Å²) in [6.45, 7) is 6.37. The van der Waals surface area contributed by atoms with Crippen LogP contribution in [0.2, 0.25) is 0 Å². The number of aliphatic hydroxyl groups excluding tert-OH is 1. The average Bonchev–Trinajstić information content (AvgIpc) is 3.03. The minimum absolute atomic E-state index is 0.0124. The van der Waals surface area contributed by atoms with Gasteiger partial charge in [-0.05, 0) is 18.1 Å². The summed E-state index contributed by atoms with van der Waals surface area (Å²) in [6.07, 6.45) is 5.58. The monoisotopic (exact) mass is 344 g/mol.